The lowest BCUT2D eigenvalue weighted by Gasteiger charge is -2.29. The smallest absolute Gasteiger partial charge is 0.162 e. The van der Waals surface area contributed by atoms with Crippen LogP contribution in [-0.4, -0.2) is 3.96 Å². The predicted molar refractivity (Wildman–Crippen MR) is 47.8 cm³/mol. The maximum atomic E-state index is 5.71. The largest absolute Gasteiger partial charge is 0.237 e. The van der Waals surface area contributed by atoms with E-state index in [-0.39, 0.29) is 0 Å². The Hall–Kier alpha value is 2.04. The molecule has 2 unspecified atom stereocenters. The molecule has 2 N–H and O–H groups in total. The van der Waals surface area contributed by atoms with Crippen LogP contribution in [0.25, 0.3) is 0 Å². The lowest BCUT2D eigenvalue weighted by Crippen LogP contribution is -2.14. The van der Waals surface area contributed by atoms with Gasteiger partial charge in [0.2, 0.25) is 0 Å². The van der Waals surface area contributed by atoms with Gasteiger partial charge in [0.1, 0.15) is 0 Å². The number of rotatable bonds is 0. The van der Waals surface area contributed by atoms with Gasteiger partial charge in [0, 0.05) is 8.88 Å². The molecule has 0 aromatic carbocycles. The van der Waals surface area contributed by atoms with Crippen molar-refractivity contribution in [1.29, 1.82) is 0 Å². The summed E-state index contributed by atoms with van der Waals surface area (Å²) in [6.45, 7) is 0. The van der Waals surface area contributed by atoms with Gasteiger partial charge >= 0.3 is 0 Å². The molecule has 9 heteroatoms. The summed E-state index contributed by atoms with van der Waals surface area (Å²) in [6, 6.07) is 0. The molecule has 9 heavy (non-hydrogen) atoms. The molecule has 0 amide bonds. The van der Waals surface area contributed by atoms with E-state index in [1.165, 1.54) is 3.96 Å². The number of nitrogens with one attached hydrogen (secondary N) is 2. The Morgan fingerprint density at radius 1 is 1.22 bits per heavy atom. The topological polar surface area (TPSA) is 27.3 Å². The molecule has 0 saturated carbocycles. The van der Waals surface area contributed by atoms with Gasteiger partial charge in [-0.2, -0.15) is 0 Å². The summed E-state index contributed by atoms with van der Waals surface area (Å²) in [7, 11) is -1.43. The van der Waals surface area contributed by atoms with Gasteiger partial charge in [0.25, 0.3) is 0 Å². The first kappa shape index (κ1) is 9.13. The first-order chi connectivity index (χ1) is 4.22. The number of hydrogen-bond acceptors (Lipinski definition) is 3. The van der Waals surface area contributed by atoms with Gasteiger partial charge in [-0.3, -0.25) is 0 Å². The Bertz CT molecular complexity index is 90.3. The second-order valence-corrected chi connectivity index (χ2v) is 8.04. The van der Waals surface area contributed by atoms with Crippen LogP contribution in [0.2, 0.25) is 0 Å². The molecule has 0 aromatic rings. The highest BCUT2D eigenvalue weighted by atomic mass is 35.7. The fourth-order valence-corrected chi connectivity index (χ4v) is 6.64. The fourth-order valence-electron chi connectivity index (χ4n) is 0.269. The molecule has 0 radical (unpaired) electrons. The Balaban J connectivity index is 2.41. The second kappa shape index (κ2) is 4.16. The van der Waals surface area contributed by atoms with E-state index in [9.17, 15) is 0 Å². The van der Waals surface area contributed by atoms with Crippen molar-refractivity contribution < 1.29 is 0 Å². The summed E-state index contributed by atoms with van der Waals surface area (Å²) in [5, 5.41) is 0. The molecule has 0 aromatic heterocycles. The fraction of sp³-hybridized carbons (Fsp3) is 0. The number of nitrogens with zero attached hydrogens (tertiary/aromatic N) is 1. The molecule has 1 aliphatic rings. The summed E-state index contributed by atoms with van der Waals surface area (Å²) < 4.78 is 1.39. The summed E-state index contributed by atoms with van der Waals surface area (Å²) in [4.78, 5) is 5.87. The van der Waals surface area contributed by atoms with Gasteiger partial charge < -0.3 is 0 Å². The third-order valence-corrected chi connectivity index (χ3v) is 9.04. The SMILES string of the molecule is ClN1P(Cl)NPNP1Cl. The highest BCUT2D eigenvalue weighted by Crippen LogP contribution is 2.65. The number of hydrogen-bond donors (Lipinski definition) is 2. The Morgan fingerprint density at radius 2 is 1.67 bits per heavy atom. The molecule has 2 atom stereocenters. The second-order valence-electron chi connectivity index (χ2n) is 1.11. The van der Waals surface area contributed by atoms with Crippen LogP contribution < -0.4 is 9.72 Å². The third-order valence-electron chi connectivity index (χ3n) is 0.586. The van der Waals surface area contributed by atoms with Crippen LogP contribution in [-0.2, 0) is 0 Å². The van der Waals surface area contributed by atoms with Crippen molar-refractivity contribution in [3.05, 3.63) is 0 Å². The van der Waals surface area contributed by atoms with Crippen LogP contribution in [0.5, 0.6) is 0 Å². The van der Waals surface area contributed by atoms with E-state index in [0.717, 1.165) is 0 Å². The van der Waals surface area contributed by atoms with Gasteiger partial charge in [-0.15, -0.1) is 3.96 Å². The van der Waals surface area contributed by atoms with Crippen LogP contribution in [0.1, 0.15) is 0 Å². The molecule has 1 heterocycles. The van der Waals surface area contributed by atoms with Crippen molar-refractivity contribution in [2.24, 2.45) is 0 Å². The molecule has 0 bridgehead atoms. The molecule has 3 nitrogen and oxygen atoms in total. The standard InChI is InChI=1S/Cl3H3N3P3/c1-6-8(2)4-7-5-9(6)3/h4-5,7H. The van der Waals surface area contributed by atoms with Crippen LogP contribution in [0.4, 0.5) is 0 Å². The van der Waals surface area contributed by atoms with E-state index in [4.69, 9.17) is 34.3 Å². The highest BCUT2D eigenvalue weighted by molar-refractivity contribution is 8.00. The van der Waals surface area contributed by atoms with E-state index in [1.807, 2.05) is 0 Å². The molecular formula is H3Cl3N3P3. The average Bonchev–Trinajstić information content (AvgIpc) is 1.83. The maximum Gasteiger partial charge on any atom is 0.162 e. The summed E-state index contributed by atoms with van der Waals surface area (Å²) >= 11 is 17.0. The lowest BCUT2D eigenvalue weighted by atomic mass is 13.8. The van der Waals surface area contributed by atoms with Gasteiger partial charge in [0.15, 0.2) is 15.2 Å². The molecule has 54 valence electrons. The zero-order valence-electron chi connectivity index (χ0n) is 3.98. The summed E-state index contributed by atoms with van der Waals surface area (Å²) in [6.07, 6.45) is 0. The summed E-state index contributed by atoms with van der Waals surface area (Å²) in [5.41, 5.74) is 0. The average molecular weight is 244 g/mol. The third kappa shape index (κ3) is 2.52. The van der Waals surface area contributed by atoms with Crippen LogP contribution in [0.3, 0.4) is 0 Å². The minimum absolute atomic E-state index is 0.416. The maximum absolute atomic E-state index is 5.71. The van der Waals surface area contributed by atoms with E-state index in [0.29, 0.717) is 8.88 Å². The van der Waals surface area contributed by atoms with Crippen molar-refractivity contribution in [1.82, 2.24) is 13.7 Å². The molecule has 1 fully saturated rings. The molecule has 0 spiro atoms. The zero-order valence-corrected chi connectivity index (χ0v) is 9.03. The van der Waals surface area contributed by atoms with E-state index >= 15 is 0 Å². The Morgan fingerprint density at radius 3 is 2.00 bits per heavy atom. The van der Waals surface area contributed by atoms with Gasteiger partial charge in [0.05, 0.1) is 0 Å². The Labute approximate surface area is 72.1 Å². The minimum atomic E-state index is -0.925. The summed E-state index contributed by atoms with van der Waals surface area (Å²) in [5.74, 6) is 0. The van der Waals surface area contributed by atoms with Crippen LogP contribution >= 0.6 is 58.3 Å². The van der Waals surface area contributed by atoms with Gasteiger partial charge in [-0.05, 0) is 11.8 Å². The van der Waals surface area contributed by atoms with Crippen molar-refractivity contribution in [3.63, 3.8) is 0 Å². The van der Waals surface area contributed by atoms with Crippen molar-refractivity contribution in [2.75, 3.05) is 0 Å². The first-order valence-electron chi connectivity index (χ1n) is 1.85. The van der Waals surface area contributed by atoms with Crippen molar-refractivity contribution in [3.8, 4) is 0 Å². The molecular weight excluding hydrogens is 241 g/mol. The van der Waals surface area contributed by atoms with Gasteiger partial charge in [-0.1, -0.05) is 22.5 Å². The molecule has 1 aliphatic heterocycles. The lowest BCUT2D eigenvalue weighted by molar-refractivity contribution is 1.14. The quantitative estimate of drug-likeness (QED) is 0.506. The normalized spacial score (nSPS) is 41.7. The van der Waals surface area contributed by atoms with E-state index < -0.39 is 15.2 Å². The highest BCUT2D eigenvalue weighted by Gasteiger charge is 2.26. The molecule has 1 rings (SSSR count). The van der Waals surface area contributed by atoms with Crippen molar-refractivity contribution in [2.45, 2.75) is 0 Å². The van der Waals surface area contributed by atoms with Crippen LogP contribution in [0.15, 0.2) is 0 Å². The van der Waals surface area contributed by atoms with E-state index in [1.54, 1.807) is 0 Å². The van der Waals surface area contributed by atoms with E-state index in [2.05, 4.69) is 9.72 Å². The minimum Gasteiger partial charge on any atom is -0.237 e. The first-order valence-corrected chi connectivity index (χ1v) is 7.59. The monoisotopic (exact) mass is 243 g/mol. The van der Waals surface area contributed by atoms with Crippen molar-refractivity contribution >= 4 is 58.3 Å². The molecule has 1 saturated heterocycles. The molecule has 0 aliphatic carbocycles. The van der Waals surface area contributed by atoms with Crippen LogP contribution in [0, 0.1) is 0 Å². The Kier molecular flexibility index (Phi) is 4.22. The number of halogens is 3. The predicted octanol–water partition coefficient (Wildman–Crippen LogP) is 3.07. The van der Waals surface area contributed by atoms with Gasteiger partial charge in [-0.25, -0.2) is 9.72 Å². The zero-order chi connectivity index (χ0) is 6.85.